The van der Waals surface area contributed by atoms with Gasteiger partial charge in [0.1, 0.15) is 5.41 Å². The highest BCUT2D eigenvalue weighted by Gasteiger charge is 2.82. The molecule has 0 spiro atoms. The molecule has 3 rings (SSSR count). The van der Waals surface area contributed by atoms with Crippen molar-refractivity contribution < 1.29 is 14.1 Å². The van der Waals surface area contributed by atoms with Gasteiger partial charge in [0.15, 0.2) is 5.78 Å². The van der Waals surface area contributed by atoms with E-state index in [9.17, 15) is 14.1 Å². The second-order valence-corrected chi connectivity index (χ2v) is 8.47. The van der Waals surface area contributed by atoms with Crippen LogP contribution in [-0.2, 0) is 9.59 Å². The summed E-state index contributed by atoms with van der Waals surface area (Å²) in [5.41, 5.74) is 3.51. The number of nitrogens with zero attached hydrogens (tertiary/aromatic N) is 1. The Bertz CT molecular complexity index is 541. The number of rotatable bonds is 2. The van der Waals surface area contributed by atoms with Crippen LogP contribution in [0, 0.1) is 27.6 Å². The Morgan fingerprint density at radius 2 is 1.73 bits per heavy atom. The number of carbonyl (C=O) groups excluding carboxylic acids is 2. The van der Waals surface area contributed by atoms with Crippen LogP contribution in [0.2, 0.25) is 0 Å². The molecule has 0 aromatic rings. The van der Waals surface area contributed by atoms with E-state index in [1.165, 1.54) is 0 Å². The zero-order valence-electron chi connectivity index (χ0n) is 14.0. The van der Waals surface area contributed by atoms with Crippen LogP contribution < -0.4 is 5.73 Å². The summed E-state index contributed by atoms with van der Waals surface area (Å²) in [7, 11) is 0. The first kappa shape index (κ1) is 15.9. The van der Waals surface area contributed by atoms with Crippen molar-refractivity contribution in [1.82, 2.24) is 5.12 Å². The van der Waals surface area contributed by atoms with Crippen molar-refractivity contribution in [2.24, 2.45) is 33.3 Å². The topological polar surface area (TPSA) is 63.4 Å². The molecule has 1 aliphatic heterocycles. The summed E-state index contributed by atoms with van der Waals surface area (Å²) in [4.78, 5) is 26.1. The molecule has 124 valence electrons. The molecule has 2 bridgehead atoms. The van der Waals surface area contributed by atoms with Crippen LogP contribution in [0.4, 0.5) is 4.48 Å². The SMILES string of the molecule is CC12CCC(C)(C(C(N)=O)(C3CCN(F)CC3)C1=O)C2(C)C. The number of amides is 1. The maximum Gasteiger partial charge on any atom is 0.232 e. The average Bonchev–Trinajstić information content (AvgIpc) is 2.68. The molecular formula is C17H27FN2O2. The average molecular weight is 310 g/mol. The summed E-state index contributed by atoms with van der Waals surface area (Å²) in [6.07, 6.45) is 2.69. The number of nitrogens with two attached hydrogens (primary N) is 1. The summed E-state index contributed by atoms with van der Waals surface area (Å²) in [5.74, 6) is -0.617. The fourth-order valence-electron chi connectivity index (χ4n) is 6.01. The highest BCUT2D eigenvalue weighted by Crippen LogP contribution is 2.78. The number of fused-ring (bicyclic) bond motifs is 2. The van der Waals surface area contributed by atoms with Crippen molar-refractivity contribution in [2.45, 2.75) is 53.4 Å². The minimum Gasteiger partial charge on any atom is -0.369 e. The van der Waals surface area contributed by atoms with Gasteiger partial charge < -0.3 is 5.73 Å². The monoisotopic (exact) mass is 310 g/mol. The molecule has 3 aliphatic rings. The minimum atomic E-state index is -1.13. The fraction of sp³-hybridized carbons (Fsp3) is 0.882. The molecule has 2 N–H and O–H groups in total. The van der Waals surface area contributed by atoms with Crippen LogP contribution in [-0.4, -0.2) is 29.9 Å². The Kier molecular flexibility index (Phi) is 3.12. The van der Waals surface area contributed by atoms with E-state index in [0.29, 0.717) is 12.8 Å². The normalized spacial score (nSPS) is 45.4. The summed E-state index contributed by atoms with van der Waals surface area (Å²) < 4.78 is 13.4. The van der Waals surface area contributed by atoms with Crippen molar-refractivity contribution >= 4 is 11.7 Å². The molecule has 2 saturated carbocycles. The van der Waals surface area contributed by atoms with Crippen LogP contribution in [0.15, 0.2) is 0 Å². The third kappa shape index (κ3) is 1.38. The van der Waals surface area contributed by atoms with E-state index in [-0.39, 0.29) is 30.2 Å². The van der Waals surface area contributed by atoms with E-state index in [2.05, 4.69) is 20.8 Å². The number of hydrogen-bond acceptors (Lipinski definition) is 3. The lowest BCUT2D eigenvalue weighted by Crippen LogP contribution is -2.60. The predicted octanol–water partition coefficient (Wildman–Crippen LogP) is 2.47. The highest BCUT2D eigenvalue weighted by atomic mass is 19.2. The van der Waals surface area contributed by atoms with Gasteiger partial charge in [0, 0.05) is 18.5 Å². The van der Waals surface area contributed by atoms with Gasteiger partial charge in [-0.1, -0.05) is 27.7 Å². The molecule has 0 aromatic carbocycles. The fourth-order valence-corrected chi connectivity index (χ4v) is 6.01. The lowest BCUT2D eigenvalue weighted by atomic mass is 9.51. The maximum absolute atomic E-state index is 13.4. The zero-order chi connectivity index (χ0) is 16.6. The van der Waals surface area contributed by atoms with E-state index in [1.54, 1.807) is 0 Å². The van der Waals surface area contributed by atoms with Crippen LogP contribution in [0.25, 0.3) is 0 Å². The predicted molar refractivity (Wildman–Crippen MR) is 81.3 cm³/mol. The summed E-state index contributed by atoms with van der Waals surface area (Å²) in [6, 6.07) is 0. The molecule has 1 saturated heterocycles. The Morgan fingerprint density at radius 3 is 2.14 bits per heavy atom. The van der Waals surface area contributed by atoms with Gasteiger partial charge in [-0.25, -0.2) is 0 Å². The van der Waals surface area contributed by atoms with Crippen molar-refractivity contribution in [3.05, 3.63) is 0 Å². The molecular weight excluding hydrogens is 283 g/mol. The molecule has 4 nitrogen and oxygen atoms in total. The largest absolute Gasteiger partial charge is 0.369 e. The molecule has 1 amide bonds. The number of hydrogen-bond donors (Lipinski definition) is 1. The summed E-state index contributed by atoms with van der Waals surface area (Å²) in [5, 5.41) is 0.776. The molecule has 3 atom stereocenters. The van der Waals surface area contributed by atoms with E-state index >= 15 is 0 Å². The van der Waals surface area contributed by atoms with Crippen molar-refractivity contribution in [3.63, 3.8) is 0 Å². The van der Waals surface area contributed by atoms with Crippen LogP contribution in [0.5, 0.6) is 0 Å². The van der Waals surface area contributed by atoms with Crippen molar-refractivity contribution in [2.75, 3.05) is 13.1 Å². The molecule has 0 radical (unpaired) electrons. The molecule has 3 unspecified atom stereocenters. The van der Waals surface area contributed by atoms with Crippen LogP contribution >= 0.6 is 0 Å². The van der Waals surface area contributed by atoms with Crippen LogP contribution in [0.3, 0.4) is 0 Å². The lowest BCUT2D eigenvalue weighted by molar-refractivity contribution is -0.160. The number of Topliss-reactive ketones (excluding diaryl/α,β-unsaturated/α-hetero) is 1. The molecule has 22 heavy (non-hydrogen) atoms. The van der Waals surface area contributed by atoms with Gasteiger partial charge in [-0.15, -0.1) is 9.60 Å². The lowest BCUT2D eigenvalue weighted by Gasteiger charge is -2.50. The quantitative estimate of drug-likeness (QED) is 0.629. The molecule has 5 heteroatoms. The smallest absolute Gasteiger partial charge is 0.232 e. The van der Waals surface area contributed by atoms with Crippen LogP contribution in [0.1, 0.15) is 53.4 Å². The molecule has 1 heterocycles. The summed E-state index contributed by atoms with van der Waals surface area (Å²) in [6.45, 7) is 8.82. The van der Waals surface area contributed by atoms with Gasteiger partial charge in [-0.05, 0) is 42.4 Å². The van der Waals surface area contributed by atoms with E-state index in [0.717, 1.165) is 18.0 Å². The van der Waals surface area contributed by atoms with E-state index < -0.39 is 22.2 Å². The molecule has 0 aromatic heterocycles. The number of piperidine rings is 1. The Labute approximate surface area is 131 Å². The standard InChI is InChI=1S/C17H27FN2O2/c1-14(2)15(3)7-8-16(14,4)17(12(15)21,13(19)22)11-5-9-20(18)10-6-11/h11H,5-10H2,1-4H3,(H2,19,22). The summed E-state index contributed by atoms with van der Waals surface area (Å²) >= 11 is 0. The van der Waals surface area contributed by atoms with E-state index in [1.807, 2.05) is 6.92 Å². The van der Waals surface area contributed by atoms with Gasteiger partial charge in [-0.3, -0.25) is 9.59 Å². The van der Waals surface area contributed by atoms with Gasteiger partial charge in [0.25, 0.3) is 0 Å². The van der Waals surface area contributed by atoms with Gasteiger partial charge in [-0.2, -0.15) is 0 Å². The Balaban J connectivity index is 2.16. The first-order valence-corrected chi connectivity index (χ1v) is 8.31. The maximum atomic E-state index is 13.4. The number of primary amides is 1. The Hall–Kier alpha value is -0.970. The minimum absolute atomic E-state index is 0.0172. The first-order chi connectivity index (χ1) is 10.1. The van der Waals surface area contributed by atoms with Gasteiger partial charge in [0.2, 0.25) is 5.91 Å². The second-order valence-electron chi connectivity index (χ2n) is 8.47. The molecule has 3 fully saturated rings. The number of halogens is 1. The third-order valence-electron chi connectivity index (χ3n) is 8.05. The first-order valence-electron chi connectivity index (χ1n) is 8.31. The Morgan fingerprint density at radius 1 is 1.18 bits per heavy atom. The number of ketones is 1. The number of carbonyl (C=O) groups is 2. The van der Waals surface area contributed by atoms with Gasteiger partial charge >= 0.3 is 0 Å². The van der Waals surface area contributed by atoms with Crippen molar-refractivity contribution in [1.29, 1.82) is 0 Å². The van der Waals surface area contributed by atoms with E-state index in [4.69, 9.17) is 5.73 Å². The third-order valence-corrected chi connectivity index (χ3v) is 8.05. The zero-order valence-corrected chi connectivity index (χ0v) is 14.0. The molecule has 2 aliphatic carbocycles. The second kappa shape index (κ2) is 4.31. The highest BCUT2D eigenvalue weighted by molar-refractivity contribution is 6.12. The van der Waals surface area contributed by atoms with Crippen molar-refractivity contribution in [3.8, 4) is 0 Å². The van der Waals surface area contributed by atoms with Gasteiger partial charge in [0.05, 0.1) is 0 Å².